The van der Waals surface area contributed by atoms with Crippen LogP contribution in [0, 0.1) is 0 Å². The average Bonchev–Trinajstić information content (AvgIpc) is 3.41. The summed E-state index contributed by atoms with van der Waals surface area (Å²) in [6.45, 7) is 3.74. The summed E-state index contributed by atoms with van der Waals surface area (Å²) >= 11 is 2.96. The highest BCUT2D eigenvalue weighted by Crippen LogP contribution is 2.44. The molecule has 0 aliphatic carbocycles. The van der Waals surface area contributed by atoms with Gasteiger partial charge in [-0.15, -0.1) is 11.3 Å². The number of hydrogen-bond donors (Lipinski definition) is 2. The topological polar surface area (TPSA) is 70.5 Å². The van der Waals surface area contributed by atoms with Crippen LogP contribution in [0.1, 0.15) is 26.7 Å². The number of benzene rings is 1. The van der Waals surface area contributed by atoms with Crippen molar-refractivity contribution in [3.63, 3.8) is 0 Å². The van der Waals surface area contributed by atoms with Gasteiger partial charge in [-0.1, -0.05) is 11.3 Å². The molecule has 2 aliphatic heterocycles. The molecule has 2 bridgehead atoms. The van der Waals surface area contributed by atoms with Crippen molar-refractivity contribution < 1.29 is 18.6 Å². The van der Waals surface area contributed by atoms with E-state index >= 15 is 0 Å². The van der Waals surface area contributed by atoms with Gasteiger partial charge in [-0.05, 0) is 38.8 Å². The van der Waals surface area contributed by atoms with Crippen LogP contribution in [0.2, 0.25) is 0 Å². The molecule has 10 heteroatoms. The average molecular weight is 453 g/mol. The molecule has 0 amide bonds. The van der Waals surface area contributed by atoms with Crippen LogP contribution in [0.4, 0.5) is 13.9 Å². The molecule has 30 heavy (non-hydrogen) atoms. The molecular weight excluding hydrogens is 430 g/mol. The quantitative estimate of drug-likeness (QED) is 0.607. The van der Waals surface area contributed by atoms with E-state index in [2.05, 4.69) is 15.2 Å². The Morgan fingerprint density at radius 1 is 1.23 bits per heavy atom. The fraction of sp³-hybridized carbons (Fsp3) is 0.500. The number of nitrogens with one attached hydrogen (secondary N) is 1. The number of fused-ring (bicyclic) bond motifs is 3. The van der Waals surface area contributed by atoms with Crippen molar-refractivity contribution in [2.45, 2.75) is 50.5 Å². The first-order chi connectivity index (χ1) is 14.2. The lowest BCUT2D eigenvalue weighted by Crippen LogP contribution is -2.51. The van der Waals surface area contributed by atoms with Crippen LogP contribution < -0.4 is 15.0 Å². The Hall–Kier alpha value is -1.88. The number of halogens is 2. The maximum Gasteiger partial charge on any atom is 0.426 e. The van der Waals surface area contributed by atoms with Crippen molar-refractivity contribution in [1.29, 1.82) is 0 Å². The summed E-state index contributed by atoms with van der Waals surface area (Å²) in [6.07, 6.45) is 0.236. The summed E-state index contributed by atoms with van der Waals surface area (Å²) in [5.74, 6) is -0.0435. The van der Waals surface area contributed by atoms with Gasteiger partial charge in [-0.25, -0.2) is 9.97 Å². The minimum Gasteiger partial charge on any atom is -0.428 e. The number of aliphatic hydroxyl groups is 1. The number of thiazole rings is 2. The molecule has 2 aliphatic rings. The van der Waals surface area contributed by atoms with Crippen molar-refractivity contribution in [3.05, 3.63) is 23.7 Å². The van der Waals surface area contributed by atoms with Crippen LogP contribution in [-0.4, -0.2) is 52.0 Å². The largest absolute Gasteiger partial charge is 0.428 e. The predicted octanol–water partition coefficient (Wildman–Crippen LogP) is 4.10. The first-order valence-corrected chi connectivity index (χ1v) is 11.5. The highest BCUT2D eigenvalue weighted by Gasteiger charge is 2.49. The minimum atomic E-state index is -3.76. The third-order valence-corrected chi connectivity index (χ3v) is 7.55. The Balaban J connectivity index is 1.60. The second-order valence-corrected chi connectivity index (χ2v) is 10.2. The van der Waals surface area contributed by atoms with Gasteiger partial charge >= 0.3 is 6.11 Å². The van der Waals surface area contributed by atoms with Gasteiger partial charge in [0.1, 0.15) is 10.5 Å². The maximum atomic E-state index is 14.5. The third kappa shape index (κ3) is 3.45. The zero-order valence-corrected chi connectivity index (χ0v) is 18.2. The number of anilines is 1. The molecule has 1 aromatic carbocycles. The van der Waals surface area contributed by atoms with Crippen LogP contribution in [0.3, 0.4) is 0 Å². The maximum absolute atomic E-state index is 14.5. The lowest BCUT2D eigenvalue weighted by molar-refractivity contribution is -0.275. The SMILES string of the molecule is CC(C)(O)C(F)(F)Oc1ccc(-c2nccs2)c2sc(N3CC4CCC(C3)N4)nc12. The molecule has 4 heterocycles. The molecule has 0 radical (unpaired) electrons. The first kappa shape index (κ1) is 20.0. The summed E-state index contributed by atoms with van der Waals surface area (Å²) in [7, 11) is 0. The monoisotopic (exact) mass is 452 g/mol. The Kier molecular flexibility index (Phi) is 4.73. The van der Waals surface area contributed by atoms with Gasteiger partial charge in [0.15, 0.2) is 16.5 Å². The van der Waals surface area contributed by atoms with Crippen molar-refractivity contribution in [2.24, 2.45) is 0 Å². The molecule has 0 spiro atoms. The normalized spacial score (nSPS) is 22.1. The second kappa shape index (κ2) is 7.08. The molecule has 5 rings (SSSR count). The van der Waals surface area contributed by atoms with Crippen LogP contribution in [-0.2, 0) is 0 Å². The number of nitrogens with zero attached hydrogens (tertiary/aromatic N) is 3. The highest BCUT2D eigenvalue weighted by atomic mass is 32.1. The molecule has 2 saturated heterocycles. The highest BCUT2D eigenvalue weighted by molar-refractivity contribution is 7.23. The van der Waals surface area contributed by atoms with Crippen molar-refractivity contribution in [2.75, 3.05) is 18.0 Å². The number of ether oxygens (including phenoxy) is 1. The Bertz CT molecular complexity index is 1050. The van der Waals surface area contributed by atoms with Gasteiger partial charge in [-0.2, -0.15) is 8.78 Å². The van der Waals surface area contributed by atoms with Gasteiger partial charge in [-0.3, -0.25) is 0 Å². The van der Waals surface area contributed by atoms with Gasteiger partial charge in [0.2, 0.25) is 0 Å². The van der Waals surface area contributed by atoms with E-state index in [0.29, 0.717) is 17.6 Å². The number of aromatic nitrogens is 2. The lowest BCUT2D eigenvalue weighted by atomic mass is 10.1. The van der Waals surface area contributed by atoms with E-state index in [1.807, 2.05) is 5.38 Å². The standard InChI is InChI=1S/C20H22F2N4O2S2/c1-19(2,27)20(21,22)28-14-6-5-13(17-23-7-8-29-17)16-15(14)25-18(30-16)26-9-11-3-4-12(10-26)24-11/h5-8,11-12,24,27H,3-4,9-10H2,1-2H3. The number of alkyl halides is 2. The lowest BCUT2D eigenvalue weighted by Gasteiger charge is -2.32. The summed E-state index contributed by atoms with van der Waals surface area (Å²) < 4.78 is 34.7. The van der Waals surface area contributed by atoms with E-state index in [0.717, 1.165) is 60.2 Å². The fourth-order valence-electron chi connectivity index (χ4n) is 3.93. The molecule has 160 valence electrons. The van der Waals surface area contributed by atoms with Crippen LogP contribution >= 0.6 is 22.7 Å². The van der Waals surface area contributed by atoms with Gasteiger partial charge in [0.05, 0.1) is 4.70 Å². The number of hydrogen-bond acceptors (Lipinski definition) is 8. The van der Waals surface area contributed by atoms with E-state index in [9.17, 15) is 13.9 Å². The minimum absolute atomic E-state index is 0.0435. The van der Waals surface area contributed by atoms with Crippen molar-refractivity contribution in [3.8, 4) is 16.3 Å². The predicted molar refractivity (Wildman–Crippen MR) is 115 cm³/mol. The molecule has 0 saturated carbocycles. The van der Waals surface area contributed by atoms with Crippen molar-refractivity contribution in [1.82, 2.24) is 15.3 Å². The molecule has 2 fully saturated rings. The molecule has 2 aromatic heterocycles. The smallest absolute Gasteiger partial charge is 0.426 e. The Labute approximate surface area is 180 Å². The summed E-state index contributed by atoms with van der Waals surface area (Å²) in [6, 6.07) is 4.10. The molecule has 2 N–H and O–H groups in total. The summed E-state index contributed by atoms with van der Waals surface area (Å²) in [5.41, 5.74) is -1.11. The van der Waals surface area contributed by atoms with Crippen LogP contribution in [0.15, 0.2) is 23.7 Å². The van der Waals surface area contributed by atoms with E-state index in [4.69, 9.17) is 9.72 Å². The van der Waals surface area contributed by atoms with Gasteiger partial charge < -0.3 is 20.1 Å². The second-order valence-electron chi connectivity index (χ2n) is 8.34. The molecule has 2 atom stereocenters. The Morgan fingerprint density at radius 3 is 2.60 bits per heavy atom. The number of piperazine rings is 1. The molecule has 2 unspecified atom stereocenters. The first-order valence-electron chi connectivity index (χ1n) is 9.85. The zero-order chi connectivity index (χ0) is 21.1. The molecule has 6 nitrogen and oxygen atoms in total. The zero-order valence-electron chi connectivity index (χ0n) is 16.6. The van der Waals surface area contributed by atoms with E-state index < -0.39 is 11.7 Å². The van der Waals surface area contributed by atoms with Crippen LogP contribution in [0.25, 0.3) is 20.8 Å². The van der Waals surface area contributed by atoms with Crippen molar-refractivity contribution >= 4 is 38.0 Å². The Morgan fingerprint density at radius 2 is 1.97 bits per heavy atom. The van der Waals surface area contributed by atoms with E-state index in [1.165, 1.54) is 28.7 Å². The molecular formula is C20H22F2N4O2S2. The number of rotatable bonds is 5. The molecule has 3 aromatic rings. The van der Waals surface area contributed by atoms with E-state index in [-0.39, 0.29) is 5.75 Å². The van der Waals surface area contributed by atoms with Gasteiger partial charge in [0, 0.05) is 42.3 Å². The fourth-order valence-corrected chi connectivity index (χ4v) is 5.78. The summed E-state index contributed by atoms with van der Waals surface area (Å²) in [5, 5.41) is 16.9. The van der Waals surface area contributed by atoms with Crippen LogP contribution in [0.5, 0.6) is 5.75 Å². The summed E-state index contributed by atoms with van der Waals surface area (Å²) in [4.78, 5) is 11.3. The van der Waals surface area contributed by atoms with E-state index in [1.54, 1.807) is 12.3 Å². The third-order valence-electron chi connectivity index (χ3n) is 5.60. The van der Waals surface area contributed by atoms with Gasteiger partial charge in [0.25, 0.3) is 0 Å².